The van der Waals surface area contributed by atoms with Gasteiger partial charge in [-0.3, -0.25) is 0 Å². The van der Waals surface area contributed by atoms with E-state index in [1.807, 2.05) is 6.92 Å². The largest absolute Gasteiger partial charge is 0.322 e. The van der Waals surface area contributed by atoms with Crippen molar-refractivity contribution in [3.05, 3.63) is 10.0 Å². The first-order valence-electron chi connectivity index (χ1n) is 7.24. The molecule has 1 aromatic rings. The van der Waals surface area contributed by atoms with Gasteiger partial charge in [0.2, 0.25) is 0 Å². The normalized spacial score (nSPS) is 43.3. The Morgan fingerprint density at radius 3 is 2.11 bits per heavy atom. The van der Waals surface area contributed by atoms with Crippen LogP contribution in [0.4, 0.5) is 0 Å². The Morgan fingerprint density at radius 2 is 1.67 bits per heavy atom. The molecule has 0 spiro atoms. The van der Waals surface area contributed by atoms with Gasteiger partial charge in [0, 0.05) is 5.41 Å². The Morgan fingerprint density at radius 1 is 1.11 bits per heavy atom. The highest BCUT2D eigenvalue weighted by Crippen LogP contribution is 2.61. The van der Waals surface area contributed by atoms with Crippen LogP contribution >= 0.6 is 11.3 Å². The molecule has 1 aromatic heterocycles. The van der Waals surface area contributed by atoms with Crippen molar-refractivity contribution in [3.63, 3.8) is 0 Å². The van der Waals surface area contributed by atoms with Crippen LogP contribution in [0.1, 0.15) is 61.5 Å². The molecule has 0 aliphatic heterocycles. The summed E-state index contributed by atoms with van der Waals surface area (Å²) in [5.41, 5.74) is 6.31. The molecule has 1 heterocycles. The first-order chi connectivity index (χ1) is 8.64. The van der Waals surface area contributed by atoms with Crippen LogP contribution in [0.2, 0.25) is 0 Å². The first kappa shape index (κ1) is 11.4. The van der Waals surface area contributed by atoms with Gasteiger partial charge in [0.25, 0.3) is 0 Å². The van der Waals surface area contributed by atoms with Crippen LogP contribution < -0.4 is 5.73 Å². The molecule has 5 rings (SSSR count). The maximum Gasteiger partial charge on any atom is 0.133 e. The molecule has 0 aromatic carbocycles. The van der Waals surface area contributed by atoms with E-state index >= 15 is 0 Å². The van der Waals surface area contributed by atoms with Gasteiger partial charge in [0.1, 0.15) is 10.0 Å². The van der Waals surface area contributed by atoms with Gasteiger partial charge in [-0.05, 0) is 63.2 Å². The van der Waals surface area contributed by atoms with E-state index in [1.54, 1.807) is 11.3 Å². The van der Waals surface area contributed by atoms with Crippen molar-refractivity contribution in [1.29, 1.82) is 0 Å². The molecule has 0 radical (unpaired) electrons. The Labute approximate surface area is 112 Å². The summed E-state index contributed by atoms with van der Waals surface area (Å²) in [6.07, 6.45) is 8.56. The van der Waals surface area contributed by atoms with E-state index in [9.17, 15) is 0 Å². The molecule has 0 amide bonds. The van der Waals surface area contributed by atoms with Crippen molar-refractivity contribution in [2.75, 3.05) is 0 Å². The molecule has 2 N–H and O–H groups in total. The zero-order valence-corrected chi connectivity index (χ0v) is 11.7. The van der Waals surface area contributed by atoms with Gasteiger partial charge < -0.3 is 5.73 Å². The van der Waals surface area contributed by atoms with Crippen LogP contribution in [0.5, 0.6) is 0 Å². The third-order valence-corrected chi connectivity index (χ3v) is 6.69. The third-order valence-electron chi connectivity index (χ3n) is 5.32. The average molecular weight is 263 g/mol. The SMILES string of the molecule is CC(N)c1nnc(C23CC4CC(CC(C4)C2)C3)s1. The molecule has 4 heteroatoms. The molecule has 3 nitrogen and oxygen atoms in total. The van der Waals surface area contributed by atoms with Gasteiger partial charge in [0.15, 0.2) is 0 Å². The fourth-order valence-electron chi connectivity index (χ4n) is 5.01. The highest BCUT2D eigenvalue weighted by Gasteiger charge is 2.53. The fourth-order valence-corrected chi connectivity index (χ4v) is 6.02. The van der Waals surface area contributed by atoms with E-state index in [4.69, 9.17) is 5.73 Å². The van der Waals surface area contributed by atoms with E-state index in [1.165, 1.54) is 43.5 Å². The summed E-state index contributed by atoms with van der Waals surface area (Å²) in [5.74, 6) is 2.91. The predicted molar refractivity (Wildman–Crippen MR) is 72.4 cm³/mol. The summed E-state index contributed by atoms with van der Waals surface area (Å²) in [6.45, 7) is 2.00. The van der Waals surface area contributed by atoms with Gasteiger partial charge in [-0.15, -0.1) is 10.2 Å². The Bertz CT molecular complexity index is 430. The summed E-state index contributed by atoms with van der Waals surface area (Å²) < 4.78 is 0. The summed E-state index contributed by atoms with van der Waals surface area (Å²) >= 11 is 1.78. The molecule has 4 fully saturated rings. The van der Waals surface area contributed by atoms with Crippen molar-refractivity contribution in [2.24, 2.45) is 23.5 Å². The molecular weight excluding hydrogens is 242 g/mol. The lowest BCUT2D eigenvalue weighted by Crippen LogP contribution is -2.48. The molecule has 1 atom stereocenters. The minimum atomic E-state index is 0.0326. The number of nitrogens with two attached hydrogens (primary N) is 1. The van der Waals surface area contributed by atoms with Crippen molar-refractivity contribution in [2.45, 2.75) is 56.9 Å². The zero-order chi connectivity index (χ0) is 12.3. The number of nitrogens with zero attached hydrogens (tertiary/aromatic N) is 2. The second kappa shape index (κ2) is 3.76. The molecule has 1 unspecified atom stereocenters. The maximum atomic E-state index is 5.93. The van der Waals surface area contributed by atoms with Crippen LogP contribution in [0.15, 0.2) is 0 Å². The molecule has 4 saturated carbocycles. The molecule has 18 heavy (non-hydrogen) atoms. The van der Waals surface area contributed by atoms with Crippen LogP contribution in [0.3, 0.4) is 0 Å². The third kappa shape index (κ3) is 1.58. The second-order valence-electron chi connectivity index (χ2n) is 6.93. The van der Waals surface area contributed by atoms with Gasteiger partial charge >= 0.3 is 0 Å². The summed E-state index contributed by atoms with van der Waals surface area (Å²) in [4.78, 5) is 0. The monoisotopic (exact) mass is 263 g/mol. The number of aromatic nitrogens is 2. The van der Waals surface area contributed by atoms with Crippen LogP contribution in [0, 0.1) is 17.8 Å². The molecule has 0 saturated heterocycles. The van der Waals surface area contributed by atoms with Gasteiger partial charge in [-0.1, -0.05) is 11.3 Å². The molecule has 4 aliphatic carbocycles. The van der Waals surface area contributed by atoms with Gasteiger partial charge in [-0.25, -0.2) is 0 Å². The second-order valence-corrected chi connectivity index (χ2v) is 7.94. The average Bonchev–Trinajstić information content (AvgIpc) is 2.76. The fraction of sp³-hybridized carbons (Fsp3) is 0.857. The lowest BCUT2D eigenvalue weighted by Gasteiger charge is -2.55. The standard InChI is InChI=1S/C14H21N3S/c1-8(15)12-16-17-13(18-12)14-5-9-2-10(6-14)4-11(3-9)7-14/h8-11H,2-7,15H2,1H3. The van der Waals surface area contributed by atoms with Crippen molar-refractivity contribution in [1.82, 2.24) is 10.2 Å². The summed E-state index contributed by atoms with van der Waals surface area (Å²) in [7, 11) is 0. The van der Waals surface area contributed by atoms with Crippen LogP contribution in [-0.2, 0) is 5.41 Å². The zero-order valence-electron chi connectivity index (χ0n) is 10.9. The molecule has 4 bridgehead atoms. The van der Waals surface area contributed by atoms with E-state index < -0.39 is 0 Å². The summed E-state index contributed by atoms with van der Waals surface area (Å²) in [5, 5.41) is 11.1. The lowest BCUT2D eigenvalue weighted by atomic mass is 9.50. The first-order valence-corrected chi connectivity index (χ1v) is 8.06. The van der Waals surface area contributed by atoms with Crippen molar-refractivity contribution < 1.29 is 0 Å². The highest BCUT2D eigenvalue weighted by molar-refractivity contribution is 7.11. The van der Waals surface area contributed by atoms with Gasteiger partial charge in [0.05, 0.1) is 6.04 Å². The quantitative estimate of drug-likeness (QED) is 0.892. The maximum absolute atomic E-state index is 5.93. The van der Waals surface area contributed by atoms with Crippen LogP contribution in [-0.4, -0.2) is 10.2 Å². The van der Waals surface area contributed by atoms with E-state index in [2.05, 4.69) is 10.2 Å². The molecule has 4 aliphatic rings. The highest BCUT2D eigenvalue weighted by atomic mass is 32.1. The molecular formula is C14H21N3S. The summed E-state index contributed by atoms with van der Waals surface area (Å²) in [6, 6.07) is 0.0326. The van der Waals surface area contributed by atoms with Crippen LogP contribution in [0.25, 0.3) is 0 Å². The minimum Gasteiger partial charge on any atom is -0.322 e. The number of hydrogen-bond acceptors (Lipinski definition) is 4. The molecule has 98 valence electrons. The smallest absolute Gasteiger partial charge is 0.133 e. The number of rotatable bonds is 2. The minimum absolute atomic E-state index is 0.0326. The van der Waals surface area contributed by atoms with Crippen molar-refractivity contribution >= 4 is 11.3 Å². The van der Waals surface area contributed by atoms with E-state index in [-0.39, 0.29) is 6.04 Å². The number of hydrogen-bond donors (Lipinski definition) is 1. The van der Waals surface area contributed by atoms with E-state index in [0.29, 0.717) is 5.41 Å². The van der Waals surface area contributed by atoms with E-state index in [0.717, 1.165) is 22.8 Å². The Hall–Kier alpha value is -0.480. The van der Waals surface area contributed by atoms with Crippen molar-refractivity contribution in [3.8, 4) is 0 Å². The lowest BCUT2D eigenvalue weighted by molar-refractivity contribution is -0.00555. The topological polar surface area (TPSA) is 51.8 Å². The van der Waals surface area contributed by atoms with Gasteiger partial charge in [-0.2, -0.15) is 0 Å². The Balaban J connectivity index is 1.70. The Kier molecular flexibility index (Phi) is 2.37. The predicted octanol–water partition coefficient (Wildman–Crippen LogP) is 3.03.